The molecule has 1 aliphatic heterocycles. The Balaban J connectivity index is 1.83. The number of hydrogen-bond acceptors (Lipinski definition) is 4. The second-order valence-corrected chi connectivity index (χ2v) is 7.91. The minimum Gasteiger partial charge on any atom is -0.491 e. The van der Waals surface area contributed by atoms with Crippen LogP contribution in [0.5, 0.6) is 5.75 Å². The van der Waals surface area contributed by atoms with Crippen molar-refractivity contribution in [2.75, 3.05) is 6.54 Å². The van der Waals surface area contributed by atoms with Crippen LogP contribution in [0.25, 0.3) is 0 Å². The largest absolute Gasteiger partial charge is 0.491 e. The van der Waals surface area contributed by atoms with Crippen LogP contribution in [0.1, 0.15) is 25.2 Å². The number of aromatic nitrogens is 2. The number of ether oxygens (including phenoxy) is 1. The van der Waals surface area contributed by atoms with Gasteiger partial charge in [-0.1, -0.05) is 0 Å². The standard InChI is InChI=1S/C16H21N3O3S/c1-12(2)22-13-4-6-14(7-5-13)23(20,21)19-9-8-15-16(10-19)18(3)11-17-15/h4-7,11-12H,8-10H2,1-3H3. The van der Waals surface area contributed by atoms with E-state index in [1.165, 1.54) is 4.31 Å². The van der Waals surface area contributed by atoms with E-state index in [0.29, 0.717) is 30.2 Å². The van der Waals surface area contributed by atoms with E-state index in [-0.39, 0.29) is 6.10 Å². The minimum absolute atomic E-state index is 0.0582. The molecule has 0 aliphatic carbocycles. The maximum atomic E-state index is 12.8. The van der Waals surface area contributed by atoms with Gasteiger partial charge in [-0.3, -0.25) is 0 Å². The van der Waals surface area contributed by atoms with Gasteiger partial charge >= 0.3 is 0 Å². The Morgan fingerprint density at radius 1 is 1.22 bits per heavy atom. The average Bonchev–Trinajstić information content (AvgIpc) is 2.88. The van der Waals surface area contributed by atoms with E-state index in [0.717, 1.165) is 11.4 Å². The van der Waals surface area contributed by atoms with Gasteiger partial charge in [0.25, 0.3) is 0 Å². The summed E-state index contributed by atoms with van der Waals surface area (Å²) in [5.74, 6) is 0.673. The molecule has 0 unspecified atom stereocenters. The summed E-state index contributed by atoms with van der Waals surface area (Å²) in [7, 11) is -1.62. The van der Waals surface area contributed by atoms with Gasteiger partial charge in [0.1, 0.15) is 5.75 Å². The maximum Gasteiger partial charge on any atom is 0.243 e. The monoisotopic (exact) mass is 335 g/mol. The molecule has 0 bridgehead atoms. The van der Waals surface area contributed by atoms with Crippen molar-refractivity contribution in [1.82, 2.24) is 13.9 Å². The lowest BCUT2D eigenvalue weighted by atomic mass is 10.2. The highest BCUT2D eigenvalue weighted by Gasteiger charge is 2.30. The normalized spacial score (nSPS) is 15.7. The fraction of sp³-hybridized carbons (Fsp3) is 0.438. The zero-order valence-corrected chi connectivity index (χ0v) is 14.4. The zero-order valence-electron chi connectivity index (χ0n) is 13.6. The summed E-state index contributed by atoms with van der Waals surface area (Å²) in [6.07, 6.45) is 2.44. The molecule has 2 aromatic rings. The molecule has 0 radical (unpaired) electrons. The Bertz CT molecular complexity index is 794. The molecule has 0 saturated carbocycles. The molecule has 7 heteroatoms. The van der Waals surface area contributed by atoms with E-state index in [1.54, 1.807) is 30.6 Å². The summed E-state index contributed by atoms with van der Waals surface area (Å²) >= 11 is 0. The molecular formula is C16H21N3O3S. The maximum absolute atomic E-state index is 12.8. The molecule has 0 atom stereocenters. The van der Waals surface area contributed by atoms with Crippen LogP contribution in [0, 0.1) is 0 Å². The number of aryl methyl sites for hydroxylation is 1. The number of imidazole rings is 1. The van der Waals surface area contributed by atoms with Gasteiger partial charge in [-0.05, 0) is 38.1 Å². The number of benzene rings is 1. The topological polar surface area (TPSA) is 64.4 Å². The molecule has 0 fully saturated rings. The van der Waals surface area contributed by atoms with Crippen LogP contribution in [0.3, 0.4) is 0 Å². The third kappa shape index (κ3) is 3.11. The molecule has 2 heterocycles. The van der Waals surface area contributed by atoms with Crippen LogP contribution in [0.2, 0.25) is 0 Å². The minimum atomic E-state index is -3.51. The Hall–Kier alpha value is -1.86. The van der Waals surface area contributed by atoms with Crippen LogP contribution in [-0.4, -0.2) is 34.9 Å². The van der Waals surface area contributed by atoms with Crippen molar-refractivity contribution in [3.05, 3.63) is 42.0 Å². The fourth-order valence-corrected chi connectivity index (χ4v) is 4.11. The van der Waals surface area contributed by atoms with Crippen molar-refractivity contribution in [3.63, 3.8) is 0 Å². The molecule has 1 aromatic heterocycles. The lowest BCUT2D eigenvalue weighted by Gasteiger charge is -2.26. The Labute approximate surface area is 136 Å². The smallest absolute Gasteiger partial charge is 0.243 e. The van der Waals surface area contributed by atoms with Crippen LogP contribution in [0.15, 0.2) is 35.5 Å². The second-order valence-electron chi connectivity index (χ2n) is 5.98. The average molecular weight is 335 g/mol. The first-order valence-electron chi connectivity index (χ1n) is 7.64. The van der Waals surface area contributed by atoms with Gasteiger partial charge in [-0.2, -0.15) is 4.31 Å². The molecule has 0 saturated heterocycles. The highest BCUT2D eigenvalue weighted by Crippen LogP contribution is 2.25. The van der Waals surface area contributed by atoms with E-state index >= 15 is 0 Å². The molecule has 1 aromatic carbocycles. The molecule has 3 rings (SSSR count). The Kier molecular flexibility index (Phi) is 4.16. The van der Waals surface area contributed by atoms with Gasteiger partial charge in [0.05, 0.1) is 35.3 Å². The number of sulfonamides is 1. The highest BCUT2D eigenvalue weighted by molar-refractivity contribution is 7.89. The van der Waals surface area contributed by atoms with Gasteiger partial charge in [-0.25, -0.2) is 13.4 Å². The Morgan fingerprint density at radius 2 is 1.91 bits per heavy atom. The molecular weight excluding hydrogens is 314 g/mol. The van der Waals surface area contributed by atoms with Crippen LogP contribution in [-0.2, 0) is 30.0 Å². The van der Waals surface area contributed by atoms with Gasteiger partial charge in [0, 0.05) is 20.0 Å². The first kappa shape index (κ1) is 16.0. The fourth-order valence-electron chi connectivity index (χ4n) is 2.71. The number of fused-ring (bicyclic) bond motifs is 1. The van der Waals surface area contributed by atoms with E-state index in [2.05, 4.69) is 4.98 Å². The second kappa shape index (κ2) is 5.98. The van der Waals surface area contributed by atoms with Crippen molar-refractivity contribution in [2.45, 2.75) is 37.8 Å². The highest BCUT2D eigenvalue weighted by atomic mass is 32.2. The summed E-state index contributed by atoms with van der Waals surface area (Å²) in [5, 5.41) is 0. The molecule has 0 amide bonds. The lowest BCUT2D eigenvalue weighted by molar-refractivity contribution is 0.242. The summed E-state index contributed by atoms with van der Waals surface area (Å²) < 4.78 is 34.6. The van der Waals surface area contributed by atoms with Crippen LogP contribution < -0.4 is 4.74 Å². The molecule has 0 spiro atoms. The predicted octanol–water partition coefficient (Wildman–Crippen LogP) is 1.95. The summed E-state index contributed by atoms with van der Waals surface area (Å²) in [4.78, 5) is 4.60. The molecule has 23 heavy (non-hydrogen) atoms. The molecule has 6 nitrogen and oxygen atoms in total. The van der Waals surface area contributed by atoms with E-state index in [4.69, 9.17) is 4.74 Å². The van der Waals surface area contributed by atoms with Crippen molar-refractivity contribution in [2.24, 2.45) is 7.05 Å². The van der Waals surface area contributed by atoms with Gasteiger partial charge in [-0.15, -0.1) is 0 Å². The van der Waals surface area contributed by atoms with Crippen molar-refractivity contribution in [3.8, 4) is 5.75 Å². The first-order valence-corrected chi connectivity index (χ1v) is 9.08. The Morgan fingerprint density at radius 3 is 2.57 bits per heavy atom. The third-order valence-corrected chi connectivity index (χ3v) is 5.76. The van der Waals surface area contributed by atoms with Crippen LogP contribution >= 0.6 is 0 Å². The lowest BCUT2D eigenvalue weighted by Crippen LogP contribution is -2.36. The van der Waals surface area contributed by atoms with Crippen molar-refractivity contribution >= 4 is 10.0 Å². The third-order valence-electron chi connectivity index (χ3n) is 3.90. The molecule has 1 aliphatic rings. The summed E-state index contributed by atoms with van der Waals surface area (Å²) in [5.41, 5.74) is 1.94. The number of rotatable bonds is 4. The zero-order chi connectivity index (χ0) is 16.6. The first-order chi connectivity index (χ1) is 10.9. The van der Waals surface area contributed by atoms with E-state index < -0.39 is 10.0 Å². The van der Waals surface area contributed by atoms with Gasteiger partial charge in [0.2, 0.25) is 10.0 Å². The van der Waals surface area contributed by atoms with E-state index in [1.807, 2.05) is 25.5 Å². The van der Waals surface area contributed by atoms with Crippen LogP contribution in [0.4, 0.5) is 0 Å². The number of nitrogens with zero attached hydrogens (tertiary/aromatic N) is 3. The van der Waals surface area contributed by atoms with E-state index in [9.17, 15) is 8.42 Å². The SMILES string of the molecule is CC(C)Oc1ccc(S(=O)(=O)N2CCc3ncn(C)c3C2)cc1. The summed E-state index contributed by atoms with van der Waals surface area (Å²) in [6.45, 7) is 4.68. The molecule has 124 valence electrons. The van der Waals surface area contributed by atoms with Gasteiger partial charge in [0.15, 0.2) is 0 Å². The number of hydrogen-bond donors (Lipinski definition) is 0. The summed E-state index contributed by atoms with van der Waals surface area (Å²) in [6, 6.07) is 6.61. The van der Waals surface area contributed by atoms with Gasteiger partial charge < -0.3 is 9.30 Å². The van der Waals surface area contributed by atoms with Crippen molar-refractivity contribution in [1.29, 1.82) is 0 Å². The predicted molar refractivity (Wildman–Crippen MR) is 86.7 cm³/mol. The quantitative estimate of drug-likeness (QED) is 0.857. The van der Waals surface area contributed by atoms with Crippen molar-refractivity contribution < 1.29 is 13.2 Å². The molecule has 0 N–H and O–H groups in total.